The van der Waals surface area contributed by atoms with E-state index < -0.39 is 11.7 Å². The number of amides is 1. The molecule has 2 aromatic rings. The Balaban J connectivity index is 1.86. The molecule has 0 aliphatic rings. The molecule has 0 aromatic carbocycles. The minimum absolute atomic E-state index is 0.430. The third-order valence-corrected chi connectivity index (χ3v) is 2.52. The van der Waals surface area contributed by atoms with Crippen molar-refractivity contribution in [3.05, 3.63) is 30.2 Å². The van der Waals surface area contributed by atoms with Crippen LogP contribution in [-0.2, 0) is 18.3 Å². The Morgan fingerprint density at radius 2 is 2.14 bits per heavy atom. The number of carbonyl (C=O) groups is 1. The van der Waals surface area contributed by atoms with E-state index in [0.717, 1.165) is 11.4 Å². The van der Waals surface area contributed by atoms with Gasteiger partial charge >= 0.3 is 6.09 Å². The van der Waals surface area contributed by atoms with Crippen molar-refractivity contribution in [3.63, 3.8) is 0 Å². The van der Waals surface area contributed by atoms with E-state index in [-0.39, 0.29) is 0 Å². The average Bonchev–Trinajstić information content (AvgIpc) is 2.81. The van der Waals surface area contributed by atoms with Crippen LogP contribution in [0.4, 0.5) is 16.3 Å². The Hall–Kier alpha value is -2.64. The summed E-state index contributed by atoms with van der Waals surface area (Å²) in [5, 5.41) is 13.6. The van der Waals surface area contributed by atoms with E-state index in [9.17, 15) is 4.79 Å². The predicted molar refractivity (Wildman–Crippen MR) is 82.4 cm³/mol. The van der Waals surface area contributed by atoms with Gasteiger partial charge in [0, 0.05) is 13.2 Å². The molecule has 0 unspecified atom stereocenters. The molecule has 0 saturated carbocycles. The first kappa shape index (κ1) is 15.7. The zero-order valence-electron chi connectivity index (χ0n) is 13.1. The second-order valence-electron chi connectivity index (χ2n) is 5.80. The molecule has 2 aromatic heterocycles. The van der Waals surface area contributed by atoms with E-state index in [1.807, 2.05) is 19.3 Å². The zero-order chi connectivity index (χ0) is 16.2. The van der Waals surface area contributed by atoms with Gasteiger partial charge < -0.3 is 10.1 Å². The highest BCUT2D eigenvalue weighted by molar-refractivity contribution is 5.83. The molecule has 2 heterocycles. The fourth-order valence-corrected chi connectivity index (χ4v) is 1.65. The number of aromatic nitrogens is 4. The smallest absolute Gasteiger partial charge is 0.413 e. The zero-order valence-corrected chi connectivity index (χ0v) is 13.1. The van der Waals surface area contributed by atoms with Gasteiger partial charge in [0.05, 0.1) is 18.4 Å². The number of ether oxygens (including phenoxy) is 1. The van der Waals surface area contributed by atoms with Crippen molar-refractivity contribution in [2.24, 2.45) is 7.05 Å². The number of carbonyl (C=O) groups excluding carboxylic acids is 1. The summed E-state index contributed by atoms with van der Waals surface area (Å²) >= 11 is 0. The van der Waals surface area contributed by atoms with Crippen LogP contribution in [0.2, 0.25) is 0 Å². The Morgan fingerprint density at radius 3 is 2.68 bits per heavy atom. The van der Waals surface area contributed by atoms with Gasteiger partial charge in [-0.1, -0.05) is 5.21 Å². The number of aryl methyl sites for hydroxylation is 1. The first-order valence-corrected chi connectivity index (χ1v) is 6.87. The number of pyridine rings is 1. The van der Waals surface area contributed by atoms with Crippen LogP contribution >= 0.6 is 0 Å². The highest BCUT2D eigenvalue weighted by Crippen LogP contribution is 2.13. The normalized spacial score (nSPS) is 11.1. The van der Waals surface area contributed by atoms with E-state index in [2.05, 4.69) is 25.9 Å². The third-order valence-electron chi connectivity index (χ3n) is 2.52. The molecule has 0 spiro atoms. The van der Waals surface area contributed by atoms with E-state index in [4.69, 9.17) is 4.74 Å². The van der Waals surface area contributed by atoms with Gasteiger partial charge in [-0.15, -0.1) is 5.10 Å². The van der Waals surface area contributed by atoms with Gasteiger partial charge in [0.2, 0.25) is 0 Å². The third kappa shape index (κ3) is 5.04. The van der Waals surface area contributed by atoms with Crippen molar-refractivity contribution in [1.29, 1.82) is 0 Å². The Morgan fingerprint density at radius 1 is 1.36 bits per heavy atom. The quantitative estimate of drug-likeness (QED) is 0.899. The summed E-state index contributed by atoms with van der Waals surface area (Å²) in [6.45, 7) is 5.97. The molecular weight excluding hydrogens is 284 g/mol. The van der Waals surface area contributed by atoms with Crippen molar-refractivity contribution >= 4 is 17.6 Å². The van der Waals surface area contributed by atoms with Crippen LogP contribution in [0.25, 0.3) is 0 Å². The predicted octanol–water partition coefficient (Wildman–Crippen LogP) is 2.17. The molecular formula is C14H20N6O2. The molecule has 0 aliphatic carbocycles. The van der Waals surface area contributed by atoms with Crippen molar-refractivity contribution in [1.82, 2.24) is 20.0 Å². The molecule has 0 aliphatic heterocycles. The average molecular weight is 304 g/mol. The molecule has 0 fully saturated rings. The number of rotatable bonds is 4. The van der Waals surface area contributed by atoms with E-state index in [0.29, 0.717) is 12.4 Å². The summed E-state index contributed by atoms with van der Waals surface area (Å²) in [6.07, 6.45) is 2.93. The lowest BCUT2D eigenvalue weighted by molar-refractivity contribution is 0.0635. The summed E-state index contributed by atoms with van der Waals surface area (Å²) in [7, 11) is 1.81. The molecule has 0 bridgehead atoms. The fourth-order valence-electron chi connectivity index (χ4n) is 1.65. The van der Waals surface area contributed by atoms with Crippen LogP contribution in [-0.4, -0.2) is 31.7 Å². The Labute approximate surface area is 128 Å². The Bertz CT molecular complexity index is 630. The number of hydrogen-bond acceptors (Lipinski definition) is 6. The standard InChI is InChI=1S/C14H20N6O2/c1-14(2,3)22-13(21)17-12-6-5-10(7-16-12)15-8-11-9-20(4)19-18-11/h5-7,9,15H,8H2,1-4H3,(H,16,17,21). The summed E-state index contributed by atoms with van der Waals surface area (Å²) in [5.41, 5.74) is 1.11. The topological polar surface area (TPSA) is 94.0 Å². The lowest BCUT2D eigenvalue weighted by Crippen LogP contribution is -2.27. The molecule has 8 heteroatoms. The maximum Gasteiger partial charge on any atom is 0.413 e. The van der Waals surface area contributed by atoms with Gasteiger partial charge in [0.15, 0.2) is 0 Å². The van der Waals surface area contributed by atoms with Crippen LogP contribution in [0.5, 0.6) is 0 Å². The molecule has 1 amide bonds. The summed E-state index contributed by atoms with van der Waals surface area (Å²) in [6, 6.07) is 3.51. The first-order chi connectivity index (χ1) is 10.3. The number of nitrogens with zero attached hydrogens (tertiary/aromatic N) is 4. The lowest BCUT2D eigenvalue weighted by atomic mass is 10.2. The maximum atomic E-state index is 11.6. The SMILES string of the molecule is Cn1cc(CNc2ccc(NC(=O)OC(C)(C)C)nc2)nn1. The van der Waals surface area contributed by atoms with E-state index in [1.165, 1.54) is 0 Å². The van der Waals surface area contributed by atoms with Gasteiger partial charge in [-0.3, -0.25) is 10.00 Å². The largest absolute Gasteiger partial charge is 0.444 e. The molecule has 22 heavy (non-hydrogen) atoms. The molecule has 0 radical (unpaired) electrons. The van der Waals surface area contributed by atoms with Crippen molar-refractivity contribution in [3.8, 4) is 0 Å². The van der Waals surface area contributed by atoms with E-state index in [1.54, 1.807) is 37.7 Å². The first-order valence-electron chi connectivity index (χ1n) is 6.87. The maximum absolute atomic E-state index is 11.6. The van der Waals surface area contributed by atoms with Gasteiger partial charge in [-0.05, 0) is 32.9 Å². The second kappa shape index (κ2) is 6.42. The van der Waals surface area contributed by atoms with E-state index >= 15 is 0 Å². The molecule has 8 nitrogen and oxygen atoms in total. The minimum Gasteiger partial charge on any atom is -0.444 e. The monoisotopic (exact) mass is 304 g/mol. The van der Waals surface area contributed by atoms with Crippen LogP contribution in [0.15, 0.2) is 24.5 Å². The highest BCUT2D eigenvalue weighted by atomic mass is 16.6. The number of anilines is 2. The van der Waals surface area contributed by atoms with Gasteiger partial charge in [-0.2, -0.15) is 0 Å². The summed E-state index contributed by atoms with van der Waals surface area (Å²) in [5.74, 6) is 0.430. The molecule has 118 valence electrons. The van der Waals surface area contributed by atoms with Crippen LogP contribution in [0.3, 0.4) is 0 Å². The molecule has 2 N–H and O–H groups in total. The second-order valence-corrected chi connectivity index (χ2v) is 5.80. The highest BCUT2D eigenvalue weighted by Gasteiger charge is 2.16. The van der Waals surface area contributed by atoms with Crippen molar-refractivity contribution in [2.75, 3.05) is 10.6 Å². The Kier molecular flexibility index (Phi) is 4.59. The van der Waals surface area contributed by atoms with Crippen molar-refractivity contribution < 1.29 is 9.53 Å². The lowest BCUT2D eigenvalue weighted by Gasteiger charge is -2.19. The van der Waals surface area contributed by atoms with Gasteiger partial charge in [-0.25, -0.2) is 9.78 Å². The van der Waals surface area contributed by atoms with Crippen LogP contribution in [0, 0.1) is 0 Å². The minimum atomic E-state index is -0.539. The van der Waals surface area contributed by atoms with Crippen LogP contribution < -0.4 is 10.6 Å². The van der Waals surface area contributed by atoms with Crippen LogP contribution in [0.1, 0.15) is 26.5 Å². The summed E-state index contributed by atoms with van der Waals surface area (Å²) < 4.78 is 6.80. The number of nitrogens with one attached hydrogen (secondary N) is 2. The van der Waals surface area contributed by atoms with Gasteiger partial charge in [0.1, 0.15) is 17.1 Å². The van der Waals surface area contributed by atoms with Crippen molar-refractivity contribution in [2.45, 2.75) is 32.9 Å². The fraction of sp³-hybridized carbons (Fsp3) is 0.429. The number of hydrogen-bond donors (Lipinski definition) is 2. The summed E-state index contributed by atoms with van der Waals surface area (Å²) in [4.78, 5) is 15.8. The molecule has 2 rings (SSSR count). The van der Waals surface area contributed by atoms with Gasteiger partial charge in [0.25, 0.3) is 0 Å². The molecule has 0 atom stereocenters. The molecule has 0 saturated heterocycles.